The van der Waals surface area contributed by atoms with E-state index >= 15 is 0 Å². The highest BCUT2D eigenvalue weighted by molar-refractivity contribution is 7.86. The summed E-state index contributed by atoms with van der Waals surface area (Å²) in [6.07, 6.45) is -0.729. The molecule has 0 saturated carbocycles. The number of aromatic nitrogens is 4. The molecule has 2 N–H and O–H groups in total. The molecule has 0 amide bonds. The maximum absolute atomic E-state index is 11.9. The van der Waals surface area contributed by atoms with Crippen molar-refractivity contribution >= 4 is 38.8 Å². The number of nitrogens with zero attached hydrogens (tertiary/aromatic N) is 4. The van der Waals surface area contributed by atoms with Gasteiger partial charge in [0.25, 0.3) is 10.1 Å². The van der Waals surface area contributed by atoms with Crippen LogP contribution in [0.25, 0.3) is 11.2 Å². The first-order valence-corrected chi connectivity index (χ1v) is 10.2. The molecule has 0 spiro atoms. The number of anilines is 1. The molecule has 2 aromatic heterocycles. The Morgan fingerprint density at radius 2 is 2.15 bits per heavy atom. The largest absolute Gasteiger partial charge is 0.368 e. The van der Waals surface area contributed by atoms with Crippen LogP contribution in [0.3, 0.4) is 0 Å². The molecule has 4 unspecified atom stereocenters. The number of halogens is 1. The third kappa shape index (κ3) is 3.48. The van der Waals surface area contributed by atoms with Gasteiger partial charge in [-0.2, -0.15) is 18.4 Å². The van der Waals surface area contributed by atoms with Crippen LogP contribution in [0.5, 0.6) is 0 Å². The lowest BCUT2D eigenvalue weighted by molar-refractivity contribution is -0.299. The lowest BCUT2D eigenvalue weighted by Crippen LogP contribution is -2.50. The summed E-state index contributed by atoms with van der Waals surface area (Å²) < 4.78 is 48.0. The molecule has 2 aliphatic rings. The standard InChI is InChI=1S/C14H18ClN5O6S/c1-14(2)23-4-6-8(25-14)9(26-27(3,21)22)12(24-6)20-5-17-7-10(15)18-13(16)19-11(7)20/h5-6,8-9,12H,4H2,1-3H3,(H2,16,18,19). The van der Waals surface area contributed by atoms with E-state index in [0.717, 1.165) is 6.26 Å². The molecule has 2 fully saturated rings. The smallest absolute Gasteiger partial charge is 0.264 e. The number of fused-ring (bicyclic) bond motifs is 2. The number of imidazole rings is 1. The van der Waals surface area contributed by atoms with Gasteiger partial charge in [-0.3, -0.25) is 8.75 Å². The van der Waals surface area contributed by atoms with E-state index < -0.39 is 40.4 Å². The molecule has 0 radical (unpaired) electrons. The van der Waals surface area contributed by atoms with Crippen LogP contribution < -0.4 is 5.73 Å². The first-order chi connectivity index (χ1) is 12.5. The zero-order chi connectivity index (χ0) is 19.6. The Balaban J connectivity index is 1.79. The molecule has 13 heteroatoms. The van der Waals surface area contributed by atoms with E-state index in [1.807, 2.05) is 0 Å². The van der Waals surface area contributed by atoms with E-state index in [1.165, 1.54) is 10.9 Å². The summed E-state index contributed by atoms with van der Waals surface area (Å²) in [7, 11) is -3.81. The van der Waals surface area contributed by atoms with Crippen molar-refractivity contribution in [3.8, 4) is 0 Å². The molecule has 0 aliphatic carbocycles. The molecule has 0 aromatic carbocycles. The van der Waals surface area contributed by atoms with Crippen LogP contribution in [0.2, 0.25) is 5.15 Å². The molecule has 2 aromatic rings. The lowest BCUT2D eigenvalue weighted by atomic mass is 10.1. The highest BCUT2D eigenvalue weighted by Crippen LogP contribution is 2.41. The summed E-state index contributed by atoms with van der Waals surface area (Å²) in [5, 5.41) is 0.0768. The highest BCUT2D eigenvalue weighted by atomic mass is 35.5. The van der Waals surface area contributed by atoms with Gasteiger partial charge in [0.2, 0.25) is 5.95 Å². The minimum atomic E-state index is -3.81. The van der Waals surface area contributed by atoms with Gasteiger partial charge in [-0.15, -0.1) is 0 Å². The van der Waals surface area contributed by atoms with Crippen molar-refractivity contribution in [2.75, 3.05) is 18.6 Å². The van der Waals surface area contributed by atoms with E-state index in [0.29, 0.717) is 11.2 Å². The predicted molar refractivity (Wildman–Crippen MR) is 93.3 cm³/mol. The molecule has 11 nitrogen and oxygen atoms in total. The average molecular weight is 420 g/mol. The first-order valence-electron chi connectivity index (χ1n) is 8.05. The van der Waals surface area contributed by atoms with E-state index in [4.69, 9.17) is 35.7 Å². The summed E-state index contributed by atoms with van der Waals surface area (Å²) in [4.78, 5) is 12.2. The van der Waals surface area contributed by atoms with Crippen molar-refractivity contribution in [3.63, 3.8) is 0 Å². The maximum atomic E-state index is 11.9. The summed E-state index contributed by atoms with van der Waals surface area (Å²) in [6.45, 7) is 3.67. The minimum Gasteiger partial charge on any atom is -0.368 e. The third-order valence-corrected chi connectivity index (χ3v) is 5.09. The number of hydrogen-bond acceptors (Lipinski definition) is 10. The number of hydrogen-bond donors (Lipinski definition) is 1. The quantitative estimate of drug-likeness (QED) is 0.550. The fraction of sp³-hybridized carbons (Fsp3) is 0.643. The van der Waals surface area contributed by atoms with E-state index in [2.05, 4.69) is 15.0 Å². The lowest BCUT2D eigenvalue weighted by Gasteiger charge is -2.38. The molecule has 4 atom stereocenters. The van der Waals surface area contributed by atoms with Gasteiger partial charge in [-0.25, -0.2) is 4.98 Å². The second-order valence-electron chi connectivity index (χ2n) is 6.82. The van der Waals surface area contributed by atoms with Crippen LogP contribution in [0.4, 0.5) is 5.95 Å². The first kappa shape index (κ1) is 18.8. The summed E-state index contributed by atoms with van der Waals surface area (Å²) in [6, 6.07) is 0. The molecule has 4 heterocycles. The average Bonchev–Trinajstić information content (AvgIpc) is 3.07. The Morgan fingerprint density at radius 3 is 2.85 bits per heavy atom. The molecule has 2 aliphatic heterocycles. The number of ether oxygens (including phenoxy) is 3. The van der Waals surface area contributed by atoms with Gasteiger partial charge in [0.1, 0.15) is 17.7 Å². The number of nitrogen functional groups attached to an aromatic ring is 1. The summed E-state index contributed by atoms with van der Waals surface area (Å²) >= 11 is 6.06. The van der Waals surface area contributed by atoms with Crippen LogP contribution in [-0.4, -0.2) is 64.9 Å². The predicted octanol–water partition coefficient (Wildman–Crippen LogP) is 0.456. The van der Waals surface area contributed by atoms with Crippen LogP contribution in [0, 0.1) is 0 Å². The summed E-state index contributed by atoms with van der Waals surface area (Å²) in [5.74, 6) is -0.961. The second kappa shape index (κ2) is 6.22. The van der Waals surface area contributed by atoms with E-state index in [1.54, 1.807) is 13.8 Å². The fourth-order valence-electron chi connectivity index (χ4n) is 3.24. The Kier molecular flexibility index (Phi) is 4.33. The monoisotopic (exact) mass is 419 g/mol. The van der Waals surface area contributed by atoms with Crippen molar-refractivity contribution < 1.29 is 26.8 Å². The van der Waals surface area contributed by atoms with E-state index in [9.17, 15) is 8.42 Å². The topological polar surface area (TPSA) is 141 Å². The number of nitrogens with two attached hydrogens (primary N) is 1. The Morgan fingerprint density at radius 1 is 1.41 bits per heavy atom. The van der Waals surface area contributed by atoms with Crippen LogP contribution in [-0.2, 0) is 28.5 Å². The normalized spacial score (nSPS) is 30.5. The Labute approximate surface area is 159 Å². The SMILES string of the molecule is CC1(C)OCC2OC(n3cnc4c(Cl)nc(N)nc43)C(OS(C)(=O)=O)C2O1. The zero-order valence-corrected chi connectivity index (χ0v) is 16.3. The Hall–Kier alpha value is -1.57. The van der Waals surface area contributed by atoms with Gasteiger partial charge in [-0.05, 0) is 13.8 Å². The molecule has 4 rings (SSSR count). The van der Waals surface area contributed by atoms with Crippen molar-refractivity contribution in [2.24, 2.45) is 0 Å². The van der Waals surface area contributed by atoms with Crippen molar-refractivity contribution in [2.45, 2.75) is 44.2 Å². The maximum Gasteiger partial charge on any atom is 0.264 e. The van der Waals surface area contributed by atoms with Gasteiger partial charge in [0.05, 0.1) is 19.2 Å². The molecule has 0 bridgehead atoms. The number of rotatable bonds is 3. The van der Waals surface area contributed by atoms with Crippen molar-refractivity contribution in [1.82, 2.24) is 19.5 Å². The molecule has 148 valence electrons. The molecular weight excluding hydrogens is 402 g/mol. The second-order valence-corrected chi connectivity index (χ2v) is 8.78. The van der Waals surface area contributed by atoms with Gasteiger partial charge < -0.3 is 19.9 Å². The van der Waals surface area contributed by atoms with Crippen molar-refractivity contribution in [3.05, 3.63) is 11.5 Å². The van der Waals surface area contributed by atoms with Crippen LogP contribution in [0.15, 0.2) is 6.33 Å². The fourth-order valence-corrected chi connectivity index (χ4v) is 4.07. The van der Waals surface area contributed by atoms with Gasteiger partial charge in [0.15, 0.2) is 28.9 Å². The zero-order valence-electron chi connectivity index (χ0n) is 14.7. The van der Waals surface area contributed by atoms with Gasteiger partial charge >= 0.3 is 0 Å². The molecule has 27 heavy (non-hydrogen) atoms. The van der Waals surface area contributed by atoms with E-state index in [-0.39, 0.29) is 17.7 Å². The Bertz CT molecular complexity index is 995. The van der Waals surface area contributed by atoms with Crippen molar-refractivity contribution in [1.29, 1.82) is 0 Å². The van der Waals surface area contributed by atoms with Gasteiger partial charge in [-0.1, -0.05) is 11.6 Å². The minimum absolute atomic E-state index is 0.0500. The summed E-state index contributed by atoms with van der Waals surface area (Å²) in [5.41, 5.74) is 6.28. The highest BCUT2D eigenvalue weighted by Gasteiger charge is 2.54. The molecular formula is C14H18ClN5O6S. The third-order valence-electron chi connectivity index (χ3n) is 4.26. The van der Waals surface area contributed by atoms with Crippen LogP contribution in [0.1, 0.15) is 20.1 Å². The van der Waals surface area contributed by atoms with Crippen LogP contribution >= 0.6 is 11.6 Å². The molecule has 2 saturated heterocycles. The van der Waals surface area contributed by atoms with Gasteiger partial charge in [0, 0.05) is 0 Å².